The molecule has 0 radical (unpaired) electrons. The molecule has 8 rings (SSSR count). The van der Waals surface area contributed by atoms with Crippen LogP contribution in [0.1, 0.15) is 38.6 Å². The Morgan fingerprint density at radius 2 is 1.71 bits per heavy atom. The van der Waals surface area contributed by atoms with Gasteiger partial charge in [-0.2, -0.15) is 0 Å². The molecule has 0 spiro atoms. The number of thiazole rings is 1. The Morgan fingerprint density at radius 1 is 0.922 bits per heavy atom. The first-order valence-electron chi connectivity index (χ1n) is 16.5. The minimum absolute atomic E-state index is 0.0388. The molecule has 1 aliphatic heterocycles. The normalized spacial score (nSPS) is 13.9. The highest BCUT2D eigenvalue weighted by molar-refractivity contribution is 7.20. The van der Waals surface area contributed by atoms with Gasteiger partial charge in [0, 0.05) is 43.1 Å². The number of nitrogens with zero attached hydrogens (tertiary/aromatic N) is 6. The van der Waals surface area contributed by atoms with Crippen LogP contribution in [0.5, 0.6) is 0 Å². The fourth-order valence-electron chi connectivity index (χ4n) is 6.54. The van der Waals surface area contributed by atoms with E-state index in [0.717, 1.165) is 83.5 Å². The molecule has 4 aromatic heterocycles. The van der Waals surface area contributed by atoms with Gasteiger partial charge in [0.1, 0.15) is 17.2 Å². The van der Waals surface area contributed by atoms with E-state index < -0.39 is 17.6 Å². The Balaban J connectivity index is 0.986. The topological polar surface area (TPSA) is 158 Å². The molecular formula is C38H32FN9O2S. The minimum Gasteiger partial charge on any atom is -0.383 e. The van der Waals surface area contributed by atoms with Crippen molar-refractivity contribution in [3.63, 3.8) is 0 Å². The molecule has 1 aliphatic rings. The summed E-state index contributed by atoms with van der Waals surface area (Å²) in [7, 11) is 0. The van der Waals surface area contributed by atoms with Crippen LogP contribution in [0.3, 0.4) is 0 Å². The smallest absolute Gasteiger partial charge is 0.277 e. The maximum absolute atomic E-state index is 14.3. The van der Waals surface area contributed by atoms with Crippen molar-refractivity contribution in [2.45, 2.75) is 25.4 Å². The number of anilines is 1. The van der Waals surface area contributed by atoms with Gasteiger partial charge in [0.2, 0.25) is 0 Å². The van der Waals surface area contributed by atoms with Gasteiger partial charge in [-0.3, -0.25) is 19.1 Å². The van der Waals surface area contributed by atoms with Crippen LogP contribution in [0.15, 0.2) is 97.2 Å². The van der Waals surface area contributed by atoms with E-state index >= 15 is 0 Å². The number of likely N-dealkylation sites (tertiary alicyclic amines) is 1. The van der Waals surface area contributed by atoms with Crippen molar-refractivity contribution in [3.05, 3.63) is 119 Å². The van der Waals surface area contributed by atoms with Gasteiger partial charge in [-0.25, -0.2) is 24.3 Å². The SMILES string of the molecule is NC(=O)c1nc2c(C(=O)NC3CCN(Cc4ccc(-n5c(-c6cccnc6N)nc6ccc(-c7ccccc7)nc65)cc4)CC3)cc(F)cc2s1. The molecule has 5 heterocycles. The number of rotatable bonds is 8. The van der Waals surface area contributed by atoms with Gasteiger partial charge in [0.25, 0.3) is 11.8 Å². The molecule has 11 nitrogen and oxygen atoms in total. The minimum atomic E-state index is -0.714. The van der Waals surface area contributed by atoms with Crippen LogP contribution in [0.25, 0.3) is 49.7 Å². The molecule has 0 aliphatic carbocycles. The van der Waals surface area contributed by atoms with E-state index in [2.05, 4.69) is 44.5 Å². The first kappa shape index (κ1) is 32.2. The summed E-state index contributed by atoms with van der Waals surface area (Å²) in [5.41, 5.74) is 18.1. The molecule has 254 valence electrons. The van der Waals surface area contributed by atoms with Gasteiger partial charge in [-0.1, -0.05) is 42.5 Å². The van der Waals surface area contributed by atoms with E-state index in [1.807, 2.05) is 59.2 Å². The van der Waals surface area contributed by atoms with Crippen LogP contribution >= 0.6 is 11.3 Å². The predicted octanol–water partition coefficient (Wildman–Crippen LogP) is 5.97. The first-order chi connectivity index (χ1) is 24.8. The van der Waals surface area contributed by atoms with Crippen LogP contribution in [0.4, 0.5) is 10.2 Å². The van der Waals surface area contributed by atoms with Crippen molar-refractivity contribution in [1.29, 1.82) is 0 Å². The number of primary amides is 1. The summed E-state index contributed by atoms with van der Waals surface area (Å²) in [6.45, 7) is 2.29. The Morgan fingerprint density at radius 3 is 2.45 bits per heavy atom. The van der Waals surface area contributed by atoms with Crippen molar-refractivity contribution >= 4 is 50.3 Å². The zero-order valence-electron chi connectivity index (χ0n) is 27.3. The summed E-state index contributed by atoms with van der Waals surface area (Å²) in [5.74, 6) is -0.653. The molecule has 1 saturated heterocycles. The monoisotopic (exact) mass is 697 g/mol. The number of benzene rings is 3. The van der Waals surface area contributed by atoms with Crippen molar-refractivity contribution in [2.75, 3.05) is 18.8 Å². The quantitative estimate of drug-likeness (QED) is 0.175. The second-order valence-corrected chi connectivity index (χ2v) is 13.5. The highest BCUT2D eigenvalue weighted by Gasteiger charge is 2.25. The summed E-state index contributed by atoms with van der Waals surface area (Å²) >= 11 is 0.971. The highest BCUT2D eigenvalue weighted by Crippen LogP contribution is 2.32. The van der Waals surface area contributed by atoms with Crippen LogP contribution in [0.2, 0.25) is 0 Å². The van der Waals surface area contributed by atoms with Gasteiger partial charge in [0.15, 0.2) is 16.5 Å². The third-order valence-corrected chi connectivity index (χ3v) is 10.1. The largest absolute Gasteiger partial charge is 0.383 e. The number of carbonyl (C=O) groups excluding carboxylic acids is 2. The maximum Gasteiger partial charge on any atom is 0.277 e. The number of hydrogen-bond acceptors (Lipinski definition) is 9. The van der Waals surface area contributed by atoms with Crippen molar-refractivity contribution in [2.24, 2.45) is 5.73 Å². The van der Waals surface area contributed by atoms with Gasteiger partial charge in [-0.15, -0.1) is 11.3 Å². The molecule has 2 amide bonds. The van der Waals surface area contributed by atoms with Gasteiger partial charge < -0.3 is 16.8 Å². The number of pyridine rings is 2. The average Bonchev–Trinajstić information content (AvgIpc) is 3.75. The highest BCUT2D eigenvalue weighted by atomic mass is 32.1. The number of nitrogens with one attached hydrogen (secondary N) is 1. The molecule has 5 N–H and O–H groups in total. The fraction of sp³-hybridized carbons (Fsp3) is 0.158. The average molecular weight is 698 g/mol. The summed E-state index contributed by atoms with van der Waals surface area (Å²) in [4.78, 5) is 45.7. The molecule has 7 aromatic rings. The van der Waals surface area contributed by atoms with E-state index in [4.69, 9.17) is 21.4 Å². The van der Waals surface area contributed by atoms with Crippen LogP contribution < -0.4 is 16.8 Å². The number of amides is 2. The van der Waals surface area contributed by atoms with Crippen molar-refractivity contribution in [1.82, 2.24) is 34.7 Å². The number of imidazole rings is 1. The number of carbonyl (C=O) groups is 2. The zero-order valence-corrected chi connectivity index (χ0v) is 28.1. The predicted molar refractivity (Wildman–Crippen MR) is 196 cm³/mol. The summed E-state index contributed by atoms with van der Waals surface area (Å²) < 4.78 is 16.8. The summed E-state index contributed by atoms with van der Waals surface area (Å²) in [6, 6.07) is 28.4. The van der Waals surface area contributed by atoms with Crippen LogP contribution in [-0.2, 0) is 6.54 Å². The molecule has 13 heteroatoms. The second kappa shape index (κ2) is 13.3. The summed E-state index contributed by atoms with van der Waals surface area (Å²) in [6.07, 6.45) is 3.13. The van der Waals surface area contributed by atoms with Crippen LogP contribution in [0, 0.1) is 5.82 Å². The lowest BCUT2D eigenvalue weighted by atomic mass is 10.0. The number of nitrogen functional groups attached to an aromatic ring is 1. The van der Waals surface area contributed by atoms with E-state index in [9.17, 15) is 14.0 Å². The van der Waals surface area contributed by atoms with E-state index in [-0.39, 0.29) is 22.1 Å². The number of aromatic nitrogens is 5. The fourth-order valence-corrected chi connectivity index (χ4v) is 7.41. The molecule has 0 unspecified atom stereocenters. The second-order valence-electron chi connectivity index (χ2n) is 12.5. The Kier molecular flexibility index (Phi) is 8.42. The number of halogens is 1. The number of nitrogens with two attached hydrogens (primary N) is 2. The number of fused-ring (bicyclic) bond motifs is 2. The molecule has 1 fully saturated rings. The Labute approximate surface area is 295 Å². The molecular weight excluding hydrogens is 666 g/mol. The van der Waals surface area contributed by atoms with Crippen molar-refractivity contribution in [3.8, 4) is 28.3 Å². The number of piperidine rings is 1. The molecule has 51 heavy (non-hydrogen) atoms. The molecule has 0 saturated carbocycles. The van der Waals surface area contributed by atoms with Crippen LogP contribution in [-0.4, -0.2) is 60.3 Å². The third kappa shape index (κ3) is 6.40. The molecule has 0 atom stereocenters. The van der Waals surface area contributed by atoms with E-state index in [1.54, 1.807) is 6.20 Å². The lowest BCUT2D eigenvalue weighted by Crippen LogP contribution is -2.44. The first-order valence-corrected chi connectivity index (χ1v) is 17.3. The van der Waals surface area contributed by atoms with Gasteiger partial charge in [-0.05, 0) is 66.9 Å². The molecule has 0 bridgehead atoms. The Hall–Kier alpha value is -6.05. The lowest BCUT2D eigenvalue weighted by Gasteiger charge is -2.32. The van der Waals surface area contributed by atoms with Crippen molar-refractivity contribution < 1.29 is 14.0 Å². The maximum atomic E-state index is 14.3. The Bertz CT molecular complexity index is 2420. The molecule has 3 aromatic carbocycles. The van der Waals surface area contributed by atoms with E-state index in [1.165, 1.54) is 6.07 Å². The standard InChI is InChI=1S/C38H32FN9O2S/c39-24-19-28(32-31(20-24)51-38(46-32)34(41)49)37(50)43-25-14-17-47(18-15-25)21-22-8-10-26(11-9-22)48-35(27-7-4-16-42-33(27)40)45-30-13-12-29(44-36(30)48)23-5-2-1-3-6-23/h1-13,16,19-20,25H,14-15,17-18,21H2,(H2,40,42)(H2,41,49)(H,43,50). The van der Waals surface area contributed by atoms with E-state index in [0.29, 0.717) is 22.0 Å². The summed E-state index contributed by atoms with van der Waals surface area (Å²) in [5, 5.41) is 3.08. The third-order valence-electron chi connectivity index (χ3n) is 9.09. The number of hydrogen-bond donors (Lipinski definition) is 3. The van der Waals surface area contributed by atoms with Gasteiger partial charge >= 0.3 is 0 Å². The zero-order chi connectivity index (χ0) is 35.1. The van der Waals surface area contributed by atoms with Gasteiger partial charge in [0.05, 0.1) is 27.0 Å². The lowest BCUT2D eigenvalue weighted by molar-refractivity contribution is 0.0909.